The first kappa shape index (κ1) is 23.7. The molecule has 0 aliphatic carbocycles. The van der Waals surface area contributed by atoms with Crippen LogP contribution in [0.4, 0.5) is 0 Å². The maximum absolute atomic E-state index is 12.3. The highest BCUT2D eigenvalue weighted by molar-refractivity contribution is 7.09. The van der Waals surface area contributed by atoms with E-state index < -0.39 is 11.6 Å². The van der Waals surface area contributed by atoms with Gasteiger partial charge in [-0.3, -0.25) is 4.79 Å². The minimum atomic E-state index is -1.03. The quantitative estimate of drug-likeness (QED) is 0.614. The average molecular weight is 460 g/mol. The number of carboxylic acids is 1. The summed E-state index contributed by atoms with van der Waals surface area (Å²) in [6.07, 6.45) is 2.64. The van der Waals surface area contributed by atoms with Crippen molar-refractivity contribution in [3.63, 3.8) is 0 Å². The Morgan fingerprint density at radius 3 is 2.50 bits per heavy atom. The minimum absolute atomic E-state index is 0.0674. The summed E-state index contributed by atoms with van der Waals surface area (Å²) >= 11 is 1.70. The maximum atomic E-state index is 12.3. The molecule has 1 saturated heterocycles. The molecule has 1 amide bonds. The summed E-state index contributed by atoms with van der Waals surface area (Å²) in [5.41, 5.74) is 4.83. The van der Waals surface area contributed by atoms with Crippen LogP contribution in [0.2, 0.25) is 0 Å². The summed E-state index contributed by atoms with van der Waals surface area (Å²) in [7, 11) is 0. The number of nitrogens with zero attached hydrogens (tertiary/aromatic N) is 2. The van der Waals surface area contributed by atoms with Crippen LogP contribution in [0.15, 0.2) is 53.0 Å². The lowest BCUT2D eigenvalue weighted by atomic mass is 9.87. The Balaban J connectivity index is 0.000000352. The van der Waals surface area contributed by atoms with Gasteiger partial charge in [0.05, 0.1) is 6.61 Å². The number of nitrogens with two attached hydrogens (primary N) is 1. The lowest BCUT2D eigenvalue weighted by molar-refractivity contribution is -0.137. The number of piperidine rings is 1. The molecule has 0 bridgehead atoms. The number of carbonyl (C=O) groups excluding carboxylic acids is 1. The van der Waals surface area contributed by atoms with E-state index in [0.717, 1.165) is 5.75 Å². The molecule has 2 aliphatic heterocycles. The van der Waals surface area contributed by atoms with Crippen molar-refractivity contribution < 1.29 is 24.3 Å². The molecule has 172 valence electrons. The minimum Gasteiger partial charge on any atom is -0.494 e. The Morgan fingerprint density at radius 2 is 1.94 bits per heavy atom. The number of thiophene rings is 1. The molecule has 0 radical (unpaired) electrons. The zero-order valence-electron chi connectivity index (χ0n) is 17.9. The van der Waals surface area contributed by atoms with Crippen molar-refractivity contribution in [2.45, 2.75) is 44.2 Å². The average Bonchev–Trinajstić information content (AvgIpc) is 3.49. The van der Waals surface area contributed by atoms with E-state index in [-0.39, 0.29) is 11.6 Å². The largest absolute Gasteiger partial charge is 0.494 e. The number of rotatable bonds is 7. The third-order valence-corrected chi connectivity index (χ3v) is 6.34. The predicted octanol–water partition coefficient (Wildman–Crippen LogP) is 3.27. The number of amides is 1. The fourth-order valence-corrected chi connectivity index (χ4v) is 4.17. The van der Waals surface area contributed by atoms with E-state index >= 15 is 0 Å². The molecule has 0 saturated carbocycles. The first-order valence-corrected chi connectivity index (χ1v) is 11.6. The second-order valence-electron chi connectivity index (χ2n) is 7.72. The summed E-state index contributed by atoms with van der Waals surface area (Å²) in [4.78, 5) is 31.7. The molecule has 9 heteroatoms. The van der Waals surface area contributed by atoms with Gasteiger partial charge < -0.3 is 25.3 Å². The van der Waals surface area contributed by atoms with Crippen molar-refractivity contribution in [2.24, 2.45) is 10.9 Å². The van der Waals surface area contributed by atoms with Crippen LogP contribution >= 0.6 is 11.3 Å². The molecule has 1 spiro atoms. The fourth-order valence-electron chi connectivity index (χ4n) is 3.58. The molecule has 2 aromatic rings. The van der Waals surface area contributed by atoms with Crippen molar-refractivity contribution in [1.29, 1.82) is 0 Å². The van der Waals surface area contributed by atoms with Crippen molar-refractivity contribution in [3.8, 4) is 5.75 Å². The van der Waals surface area contributed by atoms with E-state index in [2.05, 4.69) is 5.16 Å². The van der Waals surface area contributed by atoms with Crippen molar-refractivity contribution in [1.82, 2.24) is 4.90 Å². The zero-order chi connectivity index (χ0) is 22.8. The smallest absolute Gasteiger partial charge is 0.353 e. The van der Waals surface area contributed by atoms with E-state index in [0.29, 0.717) is 58.3 Å². The molecule has 0 unspecified atom stereocenters. The Bertz CT molecular complexity index is 894. The van der Waals surface area contributed by atoms with Gasteiger partial charge in [-0.25, -0.2) is 4.79 Å². The van der Waals surface area contributed by atoms with Gasteiger partial charge in [-0.1, -0.05) is 29.4 Å². The number of aliphatic carboxylic acids is 1. The van der Waals surface area contributed by atoms with Crippen LogP contribution in [-0.2, 0) is 21.0 Å². The highest BCUT2D eigenvalue weighted by Gasteiger charge is 2.44. The van der Waals surface area contributed by atoms with Crippen LogP contribution in [0, 0.1) is 0 Å². The first-order chi connectivity index (χ1) is 15.5. The van der Waals surface area contributed by atoms with Gasteiger partial charge in [0.1, 0.15) is 11.4 Å². The normalized spacial score (nSPS) is 16.5. The predicted molar refractivity (Wildman–Crippen MR) is 123 cm³/mol. The Hall–Kier alpha value is -2.91. The summed E-state index contributed by atoms with van der Waals surface area (Å²) < 4.78 is 5.59. The molecule has 1 aromatic heterocycles. The zero-order valence-corrected chi connectivity index (χ0v) is 18.8. The summed E-state index contributed by atoms with van der Waals surface area (Å²) in [6, 6.07) is 13.6. The van der Waals surface area contributed by atoms with Crippen molar-refractivity contribution in [3.05, 3.63) is 52.7 Å². The number of carboxylic acid groups (broad SMARTS) is 1. The van der Waals surface area contributed by atoms with Gasteiger partial charge in [-0.2, -0.15) is 0 Å². The molecule has 3 N–H and O–H groups in total. The second-order valence-corrected chi connectivity index (χ2v) is 8.76. The van der Waals surface area contributed by atoms with Crippen LogP contribution < -0.4 is 10.5 Å². The summed E-state index contributed by atoms with van der Waals surface area (Å²) in [5, 5.41) is 14.7. The Morgan fingerprint density at radius 1 is 1.19 bits per heavy atom. The number of oxime groups is 1. The van der Waals surface area contributed by atoms with Crippen LogP contribution in [0.1, 0.15) is 37.0 Å². The van der Waals surface area contributed by atoms with Gasteiger partial charge in [0.15, 0.2) is 5.71 Å². The van der Waals surface area contributed by atoms with E-state index in [4.69, 9.17) is 20.4 Å². The van der Waals surface area contributed by atoms with Gasteiger partial charge >= 0.3 is 5.97 Å². The van der Waals surface area contributed by atoms with E-state index in [1.807, 2.05) is 52.7 Å². The number of hydrogen-bond donors (Lipinski definition) is 2. The van der Waals surface area contributed by atoms with Gasteiger partial charge in [0, 0.05) is 50.2 Å². The van der Waals surface area contributed by atoms with Crippen LogP contribution in [0.5, 0.6) is 5.75 Å². The molecule has 1 fully saturated rings. The highest BCUT2D eigenvalue weighted by Crippen LogP contribution is 2.34. The van der Waals surface area contributed by atoms with Gasteiger partial charge in [-0.05, 0) is 30.0 Å². The van der Waals surface area contributed by atoms with Crippen molar-refractivity contribution >= 4 is 28.9 Å². The van der Waals surface area contributed by atoms with Crippen LogP contribution in [0.3, 0.4) is 0 Å². The Labute approximate surface area is 191 Å². The first-order valence-electron chi connectivity index (χ1n) is 10.7. The third-order valence-electron chi connectivity index (χ3n) is 5.44. The number of benzene rings is 1. The number of carbonyl (C=O) groups is 2. The number of para-hydroxylation sites is 1. The molecule has 1 aromatic carbocycles. The SMILES string of the molecule is NCc1cccs1.O=C(O)C1=NOC2(CCN(C(=O)CCCOc3ccccc3)CC2)C1. The number of hydrogen-bond acceptors (Lipinski definition) is 7. The highest BCUT2D eigenvalue weighted by atomic mass is 32.1. The molecule has 8 nitrogen and oxygen atoms in total. The molecular weight excluding hydrogens is 430 g/mol. The molecular formula is C23H29N3O5S. The van der Waals surface area contributed by atoms with E-state index in [1.54, 1.807) is 11.3 Å². The lowest BCUT2D eigenvalue weighted by Crippen LogP contribution is -2.47. The summed E-state index contributed by atoms with van der Waals surface area (Å²) in [5.74, 6) is -0.125. The summed E-state index contributed by atoms with van der Waals surface area (Å²) in [6.45, 7) is 2.33. The fraction of sp³-hybridized carbons (Fsp3) is 0.435. The molecule has 4 rings (SSSR count). The lowest BCUT2D eigenvalue weighted by Gasteiger charge is -2.37. The van der Waals surface area contributed by atoms with Crippen LogP contribution in [0.25, 0.3) is 0 Å². The maximum Gasteiger partial charge on any atom is 0.353 e. The molecule has 3 heterocycles. The standard InChI is InChI=1S/C18H22N2O5.C5H7NS/c21-16(7-4-12-24-14-5-2-1-3-6-14)20-10-8-18(9-11-20)13-15(17(22)23)19-25-18;6-4-5-2-1-3-7-5/h1-3,5-6H,4,7-13H2,(H,22,23);1-3H,4,6H2. The third kappa shape index (κ3) is 6.80. The molecule has 0 atom stereocenters. The van der Waals surface area contributed by atoms with Crippen LogP contribution in [-0.4, -0.2) is 52.9 Å². The van der Waals surface area contributed by atoms with Gasteiger partial charge in [0.2, 0.25) is 5.91 Å². The monoisotopic (exact) mass is 459 g/mol. The number of likely N-dealkylation sites (tertiary alicyclic amines) is 1. The Kier molecular flexibility index (Phi) is 8.64. The van der Waals surface area contributed by atoms with Gasteiger partial charge in [0.25, 0.3) is 0 Å². The van der Waals surface area contributed by atoms with Crippen molar-refractivity contribution in [2.75, 3.05) is 19.7 Å². The van der Waals surface area contributed by atoms with E-state index in [9.17, 15) is 9.59 Å². The number of ether oxygens (including phenoxy) is 1. The topological polar surface area (TPSA) is 114 Å². The molecule has 32 heavy (non-hydrogen) atoms. The second kappa shape index (κ2) is 11.6. The molecule has 2 aliphatic rings. The van der Waals surface area contributed by atoms with Gasteiger partial charge in [-0.15, -0.1) is 11.3 Å². The van der Waals surface area contributed by atoms with E-state index in [1.165, 1.54) is 4.88 Å².